The van der Waals surface area contributed by atoms with E-state index >= 15 is 0 Å². The van der Waals surface area contributed by atoms with Crippen molar-refractivity contribution in [2.24, 2.45) is 7.05 Å². The van der Waals surface area contributed by atoms with Crippen LogP contribution in [0.1, 0.15) is 17.4 Å². The Balaban J connectivity index is 3.13. The summed E-state index contributed by atoms with van der Waals surface area (Å²) in [6.07, 6.45) is 1.03. The number of aromatic nitrogens is 2. The number of sulfone groups is 1. The minimum absolute atomic E-state index is 0.122. The van der Waals surface area contributed by atoms with Crippen LogP contribution in [0.15, 0.2) is 11.1 Å². The normalized spacial score (nSPS) is 11.4. The summed E-state index contributed by atoms with van der Waals surface area (Å²) in [6, 6.07) is 1.20. The highest BCUT2D eigenvalue weighted by Crippen LogP contribution is 2.10. The van der Waals surface area contributed by atoms with Crippen LogP contribution in [0.2, 0.25) is 0 Å². The van der Waals surface area contributed by atoms with Crippen molar-refractivity contribution in [3.8, 4) is 0 Å². The van der Waals surface area contributed by atoms with Crippen molar-refractivity contribution in [1.82, 2.24) is 9.78 Å². The van der Waals surface area contributed by atoms with Gasteiger partial charge in [-0.05, 0) is 6.92 Å². The maximum absolute atomic E-state index is 11.3. The summed E-state index contributed by atoms with van der Waals surface area (Å²) in [7, 11) is -1.91. The number of hydrogen-bond acceptors (Lipinski definition) is 5. The van der Waals surface area contributed by atoms with E-state index in [2.05, 4.69) is 5.10 Å². The summed E-state index contributed by atoms with van der Waals surface area (Å²) < 4.78 is 28.2. The third-order valence-corrected chi connectivity index (χ3v) is 2.68. The van der Waals surface area contributed by atoms with E-state index in [4.69, 9.17) is 4.74 Å². The Kier molecular flexibility index (Phi) is 3.13. The van der Waals surface area contributed by atoms with E-state index < -0.39 is 15.8 Å². The molecule has 84 valence electrons. The molecule has 0 fully saturated rings. The smallest absolute Gasteiger partial charge is 0.356 e. The third-order valence-electron chi connectivity index (χ3n) is 1.72. The molecule has 1 rings (SSSR count). The lowest BCUT2D eigenvalue weighted by molar-refractivity contribution is 0.0513. The van der Waals surface area contributed by atoms with E-state index in [-0.39, 0.29) is 17.3 Å². The first kappa shape index (κ1) is 11.7. The number of rotatable bonds is 3. The van der Waals surface area contributed by atoms with Gasteiger partial charge in [0, 0.05) is 19.4 Å². The Morgan fingerprint density at radius 1 is 1.60 bits per heavy atom. The Morgan fingerprint density at radius 3 is 2.60 bits per heavy atom. The van der Waals surface area contributed by atoms with Crippen molar-refractivity contribution in [2.75, 3.05) is 12.9 Å². The number of hydrogen-bond donors (Lipinski definition) is 0. The first-order chi connectivity index (χ1) is 6.86. The third kappa shape index (κ3) is 2.56. The molecule has 0 bridgehead atoms. The summed E-state index contributed by atoms with van der Waals surface area (Å²) in [5, 5.41) is 3.58. The van der Waals surface area contributed by atoms with Crippen LogP contribution >= 0.6 is 0 Å². The molecule has 1 heterocycles. The van der Waals surface area contributed by atoms with Gasteiger partial charge < -0.3 is 4.74 Å². The topological polar surface area (TPSA) is 78.3 Å². The van der Waals surface area contributed by atoms with Crippen LogP contribution in [0, 0.1) is 0 Å². The van der Waals surface area contributed by atoms with Crippen LogP contribution in [-0.4, -0.2) is 37.0 Å². The Bertz CT molecular complexity index is 475. The summed E-state index contributed by atoms with van der Waals surface area (Å²) in [5.41, 5.74) is 0.122. The lowest BCUT2D eigenvalue weighted by atomic mass is 10.4. The number of aryl methyl sites for hydroxylation is 1. The van der Waals surface area contributed by atoms with Crippen LogP contribution in [0.4, 0.5) is 0 Å². The van der Waals surface area contributed by atoms with Gasteiger partial charge in [0.25, 0.3) is 0 Å². The highest BCUT2D eigenvalue weighted by Gasteiger charge is 2.19. The van der Waals surface area contributed by atoms with Gasteiger partial charge in [0.2, 0.25) is 0 Å². The maximum atomic E-state index is 11.3. The molecule has 15 heavy (non-hydrogen) atoms. The van der Waals surface area contributed by atoms with Gasteiger partial charge in [-0.25, -0.2) is 13.2 Å². The molecule has 0 N–H and O–H groups in total. The van der Waals surface area contributed by atoms with Gasteiger partial charge >= 0.3 is 5.97 Å². The van der Waals surface area contributed by atoms with Crippen LogP contribution in [-0.2, 0) is 21.6 Å². The van der Waals surface area contributed by atoms with E-state index in [1.165, 1.54) is 17.8 Å². The Morgan fingerprint density at radius 2 is 2.20 bits per heavy atom. The molecule has 0 aliphatic rings. The van der Waals surface area contributed by atoms with Gasteiger partial charge in [-0.1, -0.05) is 0 Å². The maximum Gasteiger partial charge on any atom is 0.356 e. The number of ether oxygens (including phenoxy) is 1. The molecule has 1 aromatic rings. The SMILES string of the molecule is CCOC(=O)c1cc(S(C)(=O)=O)nn1C. The van der Waals surface area contributed by atoms with Crippen molar-refractivity contribution in [1.29, 1.82) is 0 Å². The highest BCUT2D eigenvalue weighted by molar-refractivity contribution is 7.90. The molecule has 0 aromatic carbocycles. The van der Waals surface area contributed by atoms with Gasteiger partial charge in [-0.3, -0.25) is 4.68 Å². The van der Waals surface area contributed by atoms with E-state index in [1.807, 2.05) is 0 Å². The molecule has 0 saturated carbocycles. The van der Waals surface area contributed by atoms with Crippen LogP contribution in [0.5, 0.6) is 0 Å². The highest BCUT2D eigenvalue weighted by atomic mass is 32.2. The van der Waals surface area contributed by atoms with E-state index in [0.29, 0.717) is 0 Å². The van der Waals surface area contributed by atoms with Crippen molar-refractivity contribution in [2.45, 2.75) is 11.9 Å². The standard InChI is InChI=1S/C8H12N2O4S/c1-4-14-8(11)6-5-7(9-10(6)2)15(3,12)13/h5H,4H2,1-3H3. The molecule has 0 atom stereocenters. The molecule has 0 aliphatic carbocycles. The van der Waals surface area contributed by atoms with Gasteiger partial charge in [0.1, 0.15) is 5.69 Å². The summed E-state index contributed by atoms with van der Waals surface area (Å²) in [4.78, 5) is 11.3. The largest absolute Gasteiger partial charge is 0.461 e. The minimum Gasteiger partial charge on any atom is -0.461 e. The van der Waals surface area contributed by atoms with Gasteiger partial charge in [-0.15, -0.1) is 0 Å². The molecule has 0 saturated heterocycles. The van der Waals surface area contributed by atoms with Crippen molar-refractivity contribution >= 4 is 15.8 Å². The van der Waals surface area contributed by atoms with E-state index in [1.54, 1.807) is 6.92 Å². The second-order valence-electron chi connectivity index (χ2n) is 2.98. The summed E-state index contributed by atoms with van der Waals surface area (Å²) in [6.45, 7) is 1.91. The Labute approximate surface area is 87.8 Å². The molecular weight excluding hydrogens is 220 g/mol. The summed E-state index contributed by atoms with van der Waals surface area (Å²) in [5.74, 6) is -0.581. The van der Waals surface area contributed by atoms with Crippen LogP contribution < -0.4 is 0 Å². The first-order valence-electron chi connectivity index (χ1n) is 4.27. The molecule has 0 spiro atoms. The lowest BCUT2D eigenvalue weighted by Crippen LogP contribution is -2.10. The molecule has 1 aromatic heterocycles. The van der Waals surface area contributed by atoms with Gasteiger partial charge in [-0.2, -0.15) is 5.10 Å². The quantitative estimate of drug-likeness (QED) is 0.685. The molecule has 0 radical (unpaired) electrons. The van der Waals surface area contributed by atoms with Crippen LogP contribution in [0.25, 0.3) is 0 Å². The number of esters is 1. The average Bonchev–Trinajstić information content (AvgIpc) is 2.47. The van der Waals surface area contributed by atoms with Crippen molar-refractivity contribution in [3.05, 3.63) is 11.8 Å². The van der Waals surface area contributed by atoms with Gasteiger partial charge in [0.15, 0.2) is 14.9 Å². The molecule has 0 amide bonds. The molecular formula is C8H12N2O4S. The van der Waals surface area contributed by atoms with E-state index in [9.17, 15) is 13.2 Å². The second-order valence-corrected chi connectivity index (χ2v) is 4.95. The lowest BCUT2D eigenvalue weighted by Gasteiger charge is -1.99. The predicted octanol–water partition coefficient (Wildman–Crippen LogP) is 0.000300. The zero-order valence-electron chi connectivity index (χ0n) is 8.72. The predicted molar refractivity (Wildman–Crippen MR) is 52.3 cm³/mol. The zero-order valence-corrected chi connectivity index (χ0v) is 9.54. The molecule has 0 unspecified atom stereocenters. The first-order valence-corrected chi connectivity index (χ1v) is 6.16. The summed E-state index contributed by atoms with van der Waals surface area (Å²) >= 11 is 0. The molecule has 7 heteroatoms. The molecule has 0 aliphatic heterocycles. The number of carbonyl (C=O) groups excluding carboxylic acids is 1. The minimum atomic E-state index is -3.39. The van der Waals surface area contributed by atoms with Gasteiger partial charge in [0.05, 0.1) is 6.61 Å². The second kappa shape index (κ2) is 4.01. The fourth-order valence-electron chi connectivity index (χ4n) is 1.02. The molecule has 6 nitrogen and oxygen atoms in total. The Hall–Kier alpha value is -1.37. The fourth-order valence-corrected chi connectivity index (χ4v) is 1.61. The average molecular weight is 232 g/mol. The number of carbonyl (C=O) groups is 1. The fraction of sp³-hybridized carbons (Fsp3) is 0.500. The van der Waals surface area contributed by atoms with Crippen molar-refractivity contribution < 1.29 is 17.9 Å². The monoisotopic (exact) mass is 232 g/mol. The number of nitrogens with zero attached hydrogens (tertiary/aromatic N) is 2. The van der Waals surface area contributed by atoms with Crippen molar-refractivity contribution in [3.63, 3.8) is 0 Å². The van der Waals surface area contributed by atoms with Crippen LogP contribution in [0.3, 0.4) is 0 Å². The van der Waals surface area contributed by atoms with E-state index in [0.717, 1.165) is 6.26 Å². The zero-order chi connectivity index (χ0) is 11.6.